The molecule has 1 aromatic heterocycles. The summed E-state index contributed by atoms with van der Waals surface area (Å²) in [6.07, 6.45) is 2.09. The summed E-state index contributed by atoms with van der Waals surface area (Å²) >= 11 is 0. The van der Waals surface area contributed by atoms with Crippen molar-refractivity contribution in [3.05, 3.63) is 76.2 Å². The van der Waals surface area contributed by atoms with Crippen LogP contribution in [0.2, 0.25) is 0 Å². The summed E-state index contributed by atoms with van der Waals surface area (Å²) in [7, 11) is 1.58. The smallest absolute Gasteiger partial charge is 0.188 e. The molecule has 5 nitrogen and oxygen atoms in total. The van der Waals surface area contributed by atoms with Gasteiger partial charge in [0.15, 0.2) is 25.0 Å². The van der Waals surface area contributed by atoms with Crippen molar-refractivity contribution in [2.75, 3.05) is 20.5 Å². The number of aromatic nitrogens is 1. The monoisotopic (exact) mass is 448 g/mol. The van der Waals surface area contributed by atoms with Crippen LogP contribution in [0.15, 0.2) is 42.5 Å². The minimum atomic E-state index is -0.437. The molecule has 33 heavy (non-hydrogen) atoms. The lowest BCUT2D eigenvalue weighted by Gasteiger charge is -2.17. The molecule has 0 fully saturated rings. The van der Waals surface area contributed by atoms with Crippen LogP contribution in [0.25, 0.3) is 11.3 Å². The van der Waals surface area contributed by atoms with E-state index in [1.54, 1.807) is 20.1 Å². The molecule has 0 radical (unpaired) electrons. The lowest BCUT2D eigenvalue weighted by molar-refractivity contribution is 0.0513. The van der Waals surface area contributed by atoms with Gasteiger partial charge in [-0.2, -0.15) is 5.26 Å². The number of methoxy groups -OCH3 is 1. The van der Waals surface area contributed by atoms with E-state index in [2.05, 4.69) is 19.1 Å². The van der Waals surface area contributed by atoms with Crippen molar-refractivity contribution in [3.8, 4) is 28.8 Å². The van der Waals surface area contributed by atoms with Crippen molar-refractivity contribution >= 4 is 0 Å². The Balaban J connectivity index is 2.04. The van der Waals surface area contributed by atoms with Crippen LogP contribution >= 0.6 is 0 Å². The third-order valence-corrected chi connectivity index (χ3v) is 5.58. The van der Waals surface area contributed by atoms with Gasteiger partial charge >= 0.3 is 0 Å². The number of halogens is 1. The summed E-state index contributed by atoms with van der Waals surface area (Å²) < 4.78 is 31.1. The first-order valence-electron chi connectivity index (χ1n) is 11.0. The lowest BCUT2D eigenvalue weighted by Crippen LogP contribution is -2.07. The fourth-order valence-corrected chi connectivity index (χ4v) is 3.79. The molecule has 0 saturated carbocycles. The molecule has 0 bridgehead atoms. The molecule has 0 aliphatic heterocycles. The lowest BCUT2D eigenvalue weighted by atomic mass is 9.94. The normalized spacial score (nSPS) is 10.7. The summed E-state index contributed by atoms with van der Waals surface area (Å²) in [6.45, 7) is 5.80. The van der Waals surface area contributed by atoms with E-state index in [9.17, 15) is 4.39 Å². The summed E-state index contributed by atoms with van der Waals surface area (Å²) in [6, 6.07) is 15.6. The van der Waals surface area contributed by atoms with Crippen molar-refractivity contribution in [2.24, 2.45) is 0 Å². The Morgan fingerprint density at radius 3 is 2.55 bits per heavy atom. The number of hydrogen-bond acceptors (Lipinski definition) is 5. The maximum atomic E-state index is 14.9. The highest BCUT2D eigenvalue weighted by molar-refractivity contribution is 5.67. The van der Waals surface area contributed by atoms with E-state index in [4.69, 9.17) is 24.5 Å². The van der Waals surface area contributed by atoms with Crippen molar-refractivity contribution < 1.29 is 18.6 Å². The zero-order valence-electron chi connectivity index (χ0n) is 19.6. The molecule has 172 valence electrons. The second-order valence-corrected chi connectivity index (χ2v) is 7.68. The summed E-state index contributed by atoms with van der Waals surface area (Å²) in [5, 5.41) is 8.77. The van der Waals surface area contributed by atoms with Crippen LogP contribution in [0, 0.1) is 24.1 Å². The van der Waals surface area contributed by atoms with Gasteiger partial charge in [-0.25, -0.2) is 9.37 Å². The number of hydrogen-bond donors (Lipinski definition) is 0. The van der Waals surface area contributed by atoms with Gasteiger partial charge in [0.25, 0.3) is 0 Å². The molecule has 2 aromatic carbocycles. The maximum absolute atomic E-state index is 14.9. The Bertz CT molecular complexity index is 1150. The summed E-state index contributed by atoms with van der Waals surface area (Å²) in [5.41, 5.74) is 6.06. The first-order chi connectivity index (χ1) is 16.0. The van der Waals surface area contributed by atoms with Crippen LogP contribution in [-0.4, -0.2) is 25.5 Å². The summed E-state index contributed by atoms with van der Waals surface area (Å²) in [5.74, 6) is 0.309. The zero-order chi connectivity index (χ0) is 23.8. The topological polar surface area (TPSA) is 64.4 Å². The molecule has 0 saturated heterocycles. The van der Waals surface area contributed by atoms with Crippen LogP contribution in [0.3, 0.4) is 0 Å². The molecule has 1 heterocycles. The Morgan fingerprint density at radius 1 is 1.03 bits per heavy atom. The van der Waals surface area contributed by atoms with Crippen molar-refractivity contribution in [2.45, 2.75) is 40.0 Å². The molecule has 0 unspecified atom stereocenters. The molecule has 3 rings (SSSR count). The molecule has 0 atom stereocenters. The van der Waals surface area contributed by atoms with Gasteiger partial charge < -0.3 is 14.2 Å². The van der Waals surface area contributed by atoms with E-state index in [0.29, 0.717) is 24.2 Å². The third-order valence-electron chi connectivity index (χ3n) is 5.58. The predicted molar refractivity (Wildman–Crippen MR) is 126 cm³/mol. The SMILES string of the molecule is CCc1cccc(-c2nc(Cc3c(CC)cc(OCC#N)c(F)c3C)ccc2OCOC)c1. The molecule has 0 spiro atoms. The number of pyridine rings is 1. The highest BCUT2D eigenvalue weighted by Gasteiger charge is 2.18. The van der Waals surface area contributed by atoms with Gasteiger partial charge in [0.05, 0.1) is 0 Å². The fourth-order valence-electron chi connectivity index (χ4n) is 3.79. The fraction of sp³-hybridized carbons (Fsp3) is 0.333. The van der Waals surface area contributed by atoms with Crippen LogP contribution in [0.5, 0.6) is 11.5 Å². The number of nitriles is 1. The van der Waals surface area contributed by atoms with Gasteiger partial charge in [-0.05, 0) is 66.3 Å². The number of ether oxygens (including phenoxy) is 3. The average molecular weight is 449 g/mol. The van der Waals surface area contributed by atoms with Gasteiger partial charge in [0.1, 0.15) is 17.5 Å². The standard InChI is InChI=1S/C27H29FN2O3/c1-5-19-8-7-9-21(14-19)27-24(33-17-31-4)11-10-22(30-27)16-23-18(3)26(28)25(32-13-12-29)15-20(23)6-2/h7-11,14-15H,5-6,13,16-17H2,1-4H3. The molecule has 3 aromatic rings. The molecular formula is C27H29FN2O3. The molecule has 0 amide bonds. The van der Waals surface area contributed by atoms with Gasteiger partial charge in [0, 0.05) is 24.8 Å². The van der Waals surface area contributed by atoms with Crippen LogP contribution < -0.4 is 9.47 Å². The largest absolute Gasteiger partial charge is 0.476 e. The van der Waals surface area contributed by atoms with Gasteiger partial charge in [0.2, 0.25) is 0 Å². The Kier molecular flexibility index (Phi) is 8.39. The zero-order valence-corrected chi connectivity index (χ0v) is 19.6. The first-order valence-corrected chi connectivity index (χ1v) is 11.0. The van der Waals surface area contributed by atoms with Gasteiger partial charge in [-0.3, -0.25) is 0 Å². The van der Waals surface area contributed by atoms with E-state index in [0.717, 1.165) is 34.5 Å². The Hall–Kier alpha value is -3.43. The van der Waals surface area contributed by atoms with E-state index in [-0.39, 0.29) is 19.1 Å². The van der Waals surface area contributed by atoms with Gasteiger partial charge in [-0.1, -0.05) is 32.0 Å². The van der Waals surface area contributed by atoms with Gasteiger partial charge in [-0.15, -0.1) is 0 Å². The molecule has 0 N–H and O–H groups in total. The summed E-state index contributed by atoms with van der Waals surface area (Å²) in [4.78, 5) is 4.91. The third kappa shape index (κ3) is 5.68. The minimum absolute atomic E-state index is 0.114. The quantitative estimate of drug-likeness (QED) is 0.367. The van der Waals surface area contributed by atoms with Crippen LogP contribution in [-0.2, 0) is 24.0 Å². The highest BCUT2D eigenvalue weighted by atomic mass is 19.1. The van der Waals surface area contributed by atoms with E-state index >= 15 is 0 Å². The predicted octanol–water partition coefficient (Wildman–Crippen LogP) is 5.80. The Labute approximate surface area is 194 Å². The number of aryl methyl sites for hydroxylation is 2. The molecule has 0 aliphatic carbocycles. The van der Waals surface area contributed by atoms with Crippen LogP contribution in [0.4, 0.5) is 4.39 Å². The van der Waals surface area contributed by atoms with Crippen molar-refractivity contribution in [3.63, 3.8) is 0 Å². The minimum Gasteiger partial charge on any atom is -0.476 e. The molecule has 0 aliphatic rings. The molecular weight excluding hydrogens is 419 g/mol. The second-order valence-electron chi connectivity index (χ2n) is 7.68. The second kappa shape index (κ2) is 11.4. The number of benzene rings is 2. The van der Waals surface area contributed by atoms with E-state index in [1.807, 2.05) is 37.3 Å². The van der Waals surface area contributed by atoms with Crippen molar-refractivity contribution in [1.82, 2.24) is 4.98 Å². The number of nitrogens with zero attached hydrogens (tertiary/aromatic N) is 2. The number of rotatable bonds is 10. The van der Waals surface area contributed by atoms with Crippen molar-refractivity contribution in [1.29, 1.82) is 5.26 Å². The molecule has 6 heteroatoms. The van der Waals surface area contributed by atoms with E-state index in [1.165, 1.54) is 5.56 Å². The first kappa shape index (κ1) is 24.2. The Morgan fingerprint density at radius 2 is 1.85 bits per heavy atom. The highest BCUT2D eigenvalue weighted by Crippen LogP contribution is 2.32. The maximum Gasteiger partial charge on any atom is 0.188 e. The van der Waals surface area contributed by atoms with Crippen LogP contribution in [0.1, 0.15) is 41.8 Å². The van der Waals surface area contributed by atoms with E-state index < -0.39 is 5.82 Å². The average Bonchev–Trinajstić information content (AvgIpc) is 2.85.